The van der Waals surface area contributed by atoms with Crippen molar-refractivity contribution >= 4 is 17.4 Å². The third-order valence-corrected chi connectivity index (χ3v) is 4.99. The lowest BCUT2D eigenvalue weighted by molar-refractivity contribution is 0.455. The van der Waals surface area contributed by atoms with E-state index in [1.165, 1.54) is 77.0 Å². The number of allylic oxidation sites excluding steroid dienone is 1. The fourth-order valence-electron chi connectivity index (χ4n) is 2.74. The lowest BCUT2D eigenvalue weighted by Gasteiger charge is -2.02. The van der Waals surface area contributed by atoms with Crippen LogP contribution in [-0.2, 0) is 0 Å². The molecule has 1 aromatic heterocycles. The van der Waals surface area contributed by atoms with Gasteiger partial charge in [0.25, 0.3) is 0 Å². The van der Waals surface area contributed by atoms with E-state index in [1.807, 2.05) is 6.08 Å². The molecule has 0 aliphatic carbocycles. The minimum absolute atomic E-state index is 0.00839. The lowest BCUT2D eigenvalue weighted by Crippen LogP contribution is -1.89. The molecule has 2 N–H and O–H groups in total. The third-order valence-electron chi connectivity index (χ3n) is 4.15. The number of aromatic amines is 1. The Balaban J connectivity index is 1.86. The molecule has 1 aromatic rings. The third kappa shape index (κ3) is 10.4. The van der Waals surface area contributed by atoms with Crippen LogP contribution in [0.5, 0.6) is 5.88 Å². The Morgan fingerprint density at radius 3 is 1.91 bits per heavy atom. The Morgan fingerprint density at radius 1 is 0.913 bits per heavy atom. The molecule has 0 saturated heterocycles. The molecule has 1 rings (SSSR count). The van der Waals surface area contributed by atoms with Gasteiger partial charge in [0.15, 0.2) is 0 Å². The zero-order chi connectivity index (χ0) is 16.8. The molecule has 0 unspecified atom stereocenters. The van der Waals surface area contributed by atoms with Gasteiger partial charge in [-0.2, -0.15) is 0 Å². The van der Waals surface area contributed by atoms with Crippen molar-refractivity contribution < 1.29 is 5.11 Å². The maximum Gasteiger partial charge on any atom is 0.307 e. The average molecular weight is 340 g/mol. The SMILES string of the molecule is CCCCCCCCCCCCCC/C=C/c1sc(=O)[nH]c1O. The van der Waals surface area contributed by atoms with Crippen LogP contribution in [0.25, 0.3) is 6.08 Å². The highest BCUT2D eigenvalue weighted by molar-refractivity contribution is 7.10. The number of hydrogen-bond donors (Lipinski definition) is 2. The normalized spacial score (nSPS) is 11.5. The molecule has 0 spiro atoms. The van der Waals surface area contributed by atoms with Crippen LogP contribution in [0.15, 0.2) is 10.9 Å². The van der Waals surface area contributed by atoms with Crippen LogP contribution in [0.3, 0.4) is 0 Å². The summed E-state index contributed by atoms with van der Waals surface area (Å²) in [4.78, 5) is 13.8. The van der Waals surface area contributed by atoms with Gasteiger partial charge >= 0.3 is 4.87 Å². The second kappa shape index (κ2) is 13.4. The van der Waals surface area contributed by atoms with Gasteiger partial charge in [-0.05, 0) is 18.9 Å². The average Bonchev–Trinajstić information content (AvgIpc) is 2.85. The van der Waals surface area contributed by atoms with Crippen molar-refractivity contribution in [2.75, 3.05) is 0 Å². The zero-order valence-electron chi connectivity index (χ0n) is 14.6. The molecule has 1 heterocycles. The van der Waals surface area contributed by atoms with E-state index in [0.29, 0.717) is 4.88 Å². The number of aromatic nitrogens is 1. The van der Waals surface area contributed by atoms with Gasteiger partial charge in [-0.1, -0.05) is 95.0 Å². The topological polar surface area (TPSA) is 53.1 Å². The Hall–Kier alpha value is -1.03. The van der Waals surface area contributed by atoms with Crippen LogP contribution in [0.2, 0.25) is 0 Å². The first-order valence-electron chi connectivity index (χ1n) is 9.32. The molecule has 0 bridgehead atoms. The van der Waals surface area contributed by atoms with Crippen LogP contribution < -0.4 is 4.87 Å². The molecular formula is C19H33NO2S. The number of thiazole rings is 1. The summed E-state index contributed by atoms with van der Waals surface area (Å²) in [6, 6.07) is 0. The van der Waals surface area contributed by atoms with Crippen molar-refractivity contribution in [2.45, 2.75) is 90.4 Å². The second-order valence-electron chi connectivity index (χ2n) is 6.31. The summed E-state index contributed by atoms with van der Waals surface area (Å²) in [5.41, 5.74) is 0. The van der Waals surface area contributed by atoms with E-state index < -0.39 is 0 Å². The van der Waals surface area contributed by atoms with Gasteiger partial charge in [-0.25, -0.2) is 0 Å². The van der Waals surface area contributed by atoms with Gasteiger partial charge in [0, 0.05) is 0 Å². The molecule has 0 amide bonds. The molecule has 0 saturated carbocycles. The van der Waals surface area contributed by atoms with Crippen molar-refractivity contribution in [3.05, 3.63) is 20.6 Å². The van der Waals surface area contributed by atoms with Crippen LogP contribution in [0, 0.1) is 0 Å². The Kier molecular flexibility index (Phi) is 11.7. The Morgan fingerprint density at radius 2 is 1.43 bits per heavy atom. The molecular weight excluding hydrogens is 306 g/mol. The summed E-state index contributed by atoms with van der Waals surface area (Å²) in [5, 5.41) is 9.44. The van der Waals surface area contributed by atoms with Gasteiger partial charge in [0.1, 0.15) is 0 Å². The second-order valence-corrected chi connectivity index (χ2v) is 7.32. The highest BCUT2D eigenvalue weighted by Gasteiger charge is 2.01. The maximum absolute atomic E-state index is 11.0. The predicted molar refractivity (Wildman–Crippen MR) is 101 cm³/mol. The number of nitrogens with one attached hydrogen (secondary N) is 1. The summed E-state index contributed by atoms with van der Waals surface area (Å²) in [6.45, 7) is 2.27. The Bertz CT molecular complexity index is 476. The first-order chi connectivity index (χ1) is 11.2. The number of hydrogen-bond acceptors (Lipinski definition) is 3. The van der Waals surface area contributed by atoms with E-state index in [-0.39, 0.29) is 10.8 Å². The molecule has 23 heavy (non-hydrogen) atoms. The highest BCUT2D eigenvalue weighted by atomic mass is 32.1. The largest absolute Gasteiger partial charge is 0.493 e. The van der Waals surface area contributed by atoms with Gasteiger partial charge in [-0.3, -0.25) is 9.78 Å². The molecule has 0 atom stereocenters. The molecule has 3 nitrogen and oxygen atoms in total. The van der Waals surface area contributed by atoms with Gasteiger partial charge in [0.05, 0.1) is 4.88 Å². The van der Waals surface area contributed by atoms with E-state index >= 15 is 0 Å². The number of H-pyrrole nitrogens is 1. The fraction of sp³-hybridized carbons (Fsp3) is 0.737. The van der Waals surface area contributed by atoms with Gasteiger partial charge in [0.2, 0.25) is 5.88 Å². The van der Waals surface area contributed by atoms with Crippen molar-refractivity contribution in [2.24, 2.45) is 0 Å². The summed E-state index contributed by atoms with van der Waals surface area (Å²) in [7, 11) is 0. The lowest BCUT2D eigenvalue weighted by atomic mass is 10.0. The molecule has 0 radical (unpaired) electrons. The van der Waals surface area contributed by atoms with Crippen molar-refractivity contribution in [3.8, 4) is 5.88 Å². The van der Waals surface area contributed by atoms with E-state index in [0.717, 1.165) is 17.8 Å². The Labute approximate surface area is 144 Å². The minimum atomic E-state index is -0.201. The highest BCUT2D eigenvalue weighted by Crippen LogP contribution is 2.18. The van der Waals surface area contributed by atoms with Crippen molar-refractivity contribution in [3.63, 3.8) is 0 Å². The summed E-state index contributed by atoms with van der Waals surface area (Å²) >= 11 is 1.05. The monoisotopic (exact) mass is 339 g/mol. The molecule has 4 heteroatoms. The smallest absolute Gasteiger partial charge is 0.307 e. The quantitative estimate of drug-likeness (QED) is 0.394. The standard InChI is InChI=1S/C19H33NO2S/c1-2-3-4-5-6-7-8-9-10-11-12-13-14-15-16-17-18(21)20-19(22)23-17/h15-16,21H,2-14H2,1H3,(H,20,22)/b16-15+. The minimum Gasteiger partial charge on any atom is -0.493 e. The fourth-order valence-corrected chi connectivity index (χ4v) is 3.40. The van der Waals surface area contributed by atoms with E-state index in [4.69, 9.17) is 0 Å². The van der Waals surface area contributed by atoms with Crippen LogP contribution >= 0.6 is 11.3 Å². The van der Waals surface area contributed by atoms with Crippen molar-refractivity contribution in [1.82, 2.24) is 4.98 Å². The summed E-state index contributed by atoms with van der Waals surface area (Å²) in [6.07, 6.45) is 21.3. The molecule has 132 valence electrons. The summed E-state index contributed by atoms with van der Waals surface area (Å²) in [5.74, 6) is -0.00839. The van der Waals surface area contributed by atoms with Gasteiger partial charge in [-0.15, -0.1) is 0 Å². The number of rotatable bonds is 14. The van der Waals surface area contributed by atoms with Crippen LogP contribution in [0.1, 0.15) is 95.3 Å². The van der Waals surface area contributed by atoms with Crippen LogP contribution in [-0.4, -0.2) is 10.1 Å². The van der Waals surface area contributed by atoms with E-state index in [2.05, 4.69) is 18.0 Å². The maximum atomic E-state index is 11.0. The predicted octanol–water partition coefficient (Wildman–Crippen LogP) is 6.25. The van der Waals surface area contributed by atoms with Gasteiger partial charge < -0.3 is 5.11 Å². The number of unbranched alkanes of at least 4 members (excludes halogenated alkanes) is 12. The molecule has 0 aromatic carbocycles. The van der Waals surface area contributed by atoms with E-state index in [1.54, 1.807) is 0 Å². The molecule has 0 aliphatic heterocycles. The van der Waals surface area contributed by atoms with Crippen LogP contribution in [0.4, 0.5) is 0 Å². The summed E-state index contributed by atoms with van der Waals surface area (Å²) < 4.78 is 0. The zero-order valence-corrected chi connectivity index (χ0v) is 15.4. The number of aromatic hydroxyl groups is 1. The van der Waals surface area contributed by atoms with E-state index in [9.17, 15) is 9.90 Å². The molecule has 0 aliphatic rings. The first kappa shape index (κ1) is 20.0. The van der Waals surface area contributed by atoms with Crippen molar-refractivity contribution in [1.29, 1.82) is 0 Å². The molecule has 0 fully saturated rings. The first-order valence-corrected chi connectivity index (χ1v) is 10.1.